The zero-order valence-corrected chi connectivity index (χ0v) is 18.1. The van der Waals surface area contributed by atoms with E-state index in [0.717, 1.165) is 24.3 Å². The van der Waals surface area contributed by atoms with Crippen LogP contribution < -0.4 is 55.6 Å². The topological polar surface area (TPSA) is 66.4 Å². The molecule has 0 saturated heterocycles. The summed E-state index contributed by atoms with van der Waals surface area (Å²) in [6, 6.07) is 5.33. The maximum absolute atomic E-state index is 10.8. The molecule has 24 heavy (non-hydrogen) atoms. The number of hydrogen-bond acceptors (Lipinski definition) is 4. The monoisotopic (exact) mass is 372 g/mol. The van der Waals surface area contributed by atoms with Gasteiger partial charge in [0.2, 0.25) is 0 Å². The Balaban J connectivity index is 0.00000169. The van der Waals surface area contributed by atoms with Crippen LogP contribution in [0.3, 0.4) is 0 Å². The molecule has 4 nitrogen and oxygen atoms in total. The smallest absolute Gasteiger partial charge is 0.716 e. The van der Waals surface area contributed by atoms with E-state index >= 15 is 0 Å². The van der Waals surface area contributed by atoms with Gasteiger partial charge in [-0.1, -0.05) is 25.1 Å². The van der Waals surface area contributed by atoms with Crippen LogP contribution in [0.25, 0.3) is 0 Å². The Kier molecular flexibility index (Phi) is 5.40. The van der Waals surface area contributed by atoms with Crippen molar-refractivity contribution in [3.05, 3.63) is 41.5 Å². The first kappa shape index (κ1) is 19.1. The van der Waals surface area contributed by atoms with E-state index in [0.29, 0.717) is 17.3 Å². The number of benzene rings is 1. The minimum Gasteiger partial charge on any atom is -0.716 e. The first-order valence-electron chi connectivity index (χ1n) is 8.31. The van der Waals surface area contributed by atoms with E-state index in [4.69, 9.17) is 0 Å². The number of hydrogen-bond donors (Lipinski definition) is 0. The van der Waals surface area contributed by atoms with Gasteiger partial charge in [0.25, 0.3) is 10.4 Å². The summed E-state index contributed by atoms with van der Waals surface area (Å²) in [5.41, 5.74) is 2.83. The molecule has 0 radical (unpaired) electrons. The van der Waals surface area contributed by atoms with Crippen LogP contribution in [0.1, 0.15) is 49.7 Å². The molecule has 4 atom stereocenters. The van der Waals surface area contributed by atoms with Crippen molar-refractivity contribution in [3.8, 4) is 5.75 Å². The van der Waals surface area contributed by atoms with Gasteiger partial charge in [0.05, 0.1) is 0 Å². The molecule has 0 heterocycles. The van der Waals surface area contributed by atoms with Gasteiger partial charge in [-0.2, -0.15) is 0 Å². The fourth-order valence-electron chi connectivity index (χ4n) is 5.21. The molecular weight excluding hydrogens is 351 g/mol. The Morgan fingerprint density at radius 2 is 2.08 bits per heavy atom. The summed E-state index contributed by atoms with van der Waals surface area (Å²) in [5, 5.41) is 0. The molecule has 4 rings (SSSR count). The van der Waals surface area contributed by atoms with Crippen LogP contribution in [0.4, 0.5) is 0 Å². The fraction of sp³-hybridized carbons (Fsp3) is 0.556. The predicted octanol–water partition coefficient (Wildman–Crippen LogP) is 0.552. The number of fused-ring (bicyclic) bond motifs is 5. The van der Waals surface area contributed by atoms with Gasteiger partial charge in [-0.05, 0) is 78.5 Å². The third kappa shape index (κ3) is 3.43. The van der Waals surface area contributed by atoms with Crippen LogP contribution in [0.5, 0.6) is 5.75 Å². The molecular formula is C18H21KO4S. The Morgan fingerprint density at radius 1 is 1.29 bits per heavy atom. The fourth-order valence-corrected chi connectivity index (χ4v) is 5.55. The molecule has 1 aromatic carbocycles. The van der Waals surface area contributed by atoms with Crippen molar-refractivity contribution in [3.63, 3.8) is 0 Å². The van der Waals surface area contributed by atoms with Gasteiger partial charge in [-0.3, -0.25) is 0 Å². The van der Waals surface area contributed by atoms with Gasteiger partial charge < -0.3 is 8.74 Å². The minimum atomic E-state index is -4.71. The molecule has 0 spiro atoms. The summed E-state index contributed by atoms with van der Waals surface area (Å²) >= 11 is 0. The van der Waals surface area contributed by atoms with Crippen LogP contribution in [-0.4, -0.2) is 13.0 Å². The van der Waals surface area contributed by atoms with E-state index in [-0.39, 0.29) is 57.1 Å². The zero-order chi connectivity index (χ0) is 16.2. The Bertz CT molecular complexity index is 773. The van der Waals surface area contributed by atoms with Crippen molar-refractivity contribution in [2.24, 2.45) is 17.3 Å². The Morgan fingerprint density at radius 3 is 2.83 bits per heavy atom. The molecule has 0 amide bonds. The van der Waals surface area contributed by atoms with E-state index in [1.165, 1.54) is 24.8 Å². The quantitative estimate of drug-likeness (QED) is 0.329. The molecule has 1 fully saturated rings. The van der Waals surface area contributed by atoms with Gasteiger partial charge >= 0.3 is 51.4 Å². The van der Waals surface area contributed by atoms with Gasteiger partial charge in [0.15, 0.2) is 0 Å². The molecule has 3 aliphatic rings. The second-order valence-electron chi connectivity index (χ2n) is 7.45. The number of rotatable bonds is 2. The molecule has 3 aliphatic carbocycles. The predicted molar refractivity (Wildman–Crippen MR) is 85.9 cm³/mol. The number of aryl methyl sites for hydroxylation is 1. The van der Waals surface area contributed by atoms with E-state index in [9.17, 15) is 13.0 Å². The number of allylic oxidation sites excluding steroid dienone is 2. The van der Waals surface area contributed by atoms with Gasteiger partial charge in [-0.25, -0.2) is 8.42 Å². The SMILES string of the molecule is C[C@@]12C=CC[C@H]1[C@@H]1CCc3cc(OS(=O)(=O)[O-])ccc3[C@H]1CC2.[K+]. The minimum absolute atomic E-state index is 0. The molecule has 0 unspecified atom stereocenters. The molecule has 0 bridgehead atoms. The molecule has 0 aromatic heterocycles. The van der Waals surface area contributed by atoms with Crippen LogP contribution in [-0.2, 0) is 16.8 Å². The van der Waals surface area contributed by atoms with E-state index in [1.54, 1.807) is 12.1 Å². The van der Waals surface area contributed by atoms with Crippen molar-refractivity contribution in [1.82, 2.24) is 0 Å². The molecule has 0 aliphatic heterocycles. The summed E-state index contributed by atoms with van der Waals surface area (Å²) < 4.78 is 36.8. The summed E-state index contributed by atoms with van der Waals surface area (Å²) in [4.78, 5) is 0. The van der Waals surface area contributed by atoms with E-state index < -0.39 is 10.4 Å². The normalized spacial score (nSPS) is 33.8. The second-order valence-corrected chi connectivity index (χ2v) is 8.43. The van der Waals surface area contributed by atoms with Gasteiger partial charge in [0.1, 0.15) is 5.75 Å². The Hall–Kier alpha value is 0.306. The maximum Gasteiger partial charge on any atom is 1.00 e. The summed E-state index contributed by atoms with van der Waals surface area (Å²) in [6.07, 6.45) is 10.4. The summed E-state index contributed by atoms with van der Waals surface area (Å²) in [5.74, 6) is 2.12. The maximum atomic E-state index is 10.8. The van der Waals surface area contributed by atoms with E-state index in [1.807, 2.05) is 6.07 Å². The van der Waals surface area contributed by atoms with Crippen LogP contribution in [0.2, 0.25) is 0 Å². The van der Waals surface area contributed by atoms with Crippen LogP contribution >= 0.6 is 0 Å². The van der Waals surface area contributed by atoms with Crippen molar-refractivity contribution in [1.29, 1.82) is 0 Å². The Labute approximate surface area is 186 Å². The molecule has 1 aromatic rings. The zero-order valence-electron chi connectivity index (χ0n) is 14.2. The summed E-state index contributed by atoms with van der Waals surface area (Å²) in [6.45, 7) is 2.39. The van der Waals surface area contributed by atoms with Gasteiger partial charge in [-0.15, -0.1) is 0 Å². The van der Waals surface area contributed by atoms with Crippen molar-refractivity contribution in [2.45, 2.75) is 44.9 Å². The average molecular weight is 373 g/mol. The molecule has 124 valence electrons. The van der Waals surface area contributed by atoms with Crippen molar-refractivity contribution >= 4 is 10.4 Å². The third-order valence-corrected chi connectivity index (χ3v) is 6.62. The summed E-state index contributed by atoms with van der Waals surface area (Å²) in [7, 11) is -4.71. The first-order valence-corrected chi connectivity index (χ1v) is 9.65. The average Bonchev–Trinajstić information content (AvgIpc) is 2.86. The molecule has 0 N–H and O–H groups in total. The van der Waals surface area contributed by atoms with Crippen LogP contribution in [0, 0.1) is 17.3 Å². The van der Waals surface area contributed by atoms with Crippen molar-refractivity contribution < 1.29 is 68.5 Å². The first-order chi connectivity index (χ1) is 10.9. The third-order valence-electron chi connectivity index (χ3n) is 6.22. The van der Waals surface area contributed by atoms with E-state index in [2.05, 4.69) is 23.3 Å². The standard InChI is InChI=1S/C18H22O4S.K/c1-18-9-2-3-17(18)16-6-4-12-11-13(22-23(19,20)21)5-7-14(12)15(16)8-10-18;/h2,5,7,9,11,15-17H,3-4,6,8,10H2,1H3,(H,19,20,21);/q;+1/p-1/t15-,16-,17+,18+;/m1./s1. The largest absolute Gasteiger partial charge is 1.00 e. The van der Waals surface area contributed by atoms with Gasteiger partial charge in [0, 0.05) is 0 Å². The van der Waals surface area contributed by atoms with Crippen LogP contribution in [0.15, 0.2) is 30.4 Å². The second kappa shape index (κ2) is 6.80. The molecule has 6 heteroatoms. The molecule has 1 saturated carbocycles. The van der Waals surface area contributed by atoms with Crippen molar-refractivity contribution in [2.75, 3.05) is 0 Å².